The Labute approximate surface area is 166 Å². The Balaban J connectivity index is 1.43. The zero-order valence-electron chi connectivity index (χ0n) is 15.3. The third-order valence-electron chi connectivity index (χ3n) is 4.14. The number of aromatic nitrogens is 4. The van der Waals surface area contributed by atoms with E-state index < -0.39 is 0 Å². The van der Waals surface area contributed by atoms with E-state index in [1.807, 2.05) is 30.3 Å². The number of rotatable bonds is 6. The SMILES string of the molecule is O=C(NCc1ccc(F)cc1)c1cn(-c2cc(Nc3ccccc3)ncn2)cn1. The topological polar surface area (TPSA) is 84.7 Å². The van der Waals surface area contributed by atoms with E-state index >= 15 is 0 Å². The van der Waals surface area contributed by atoms with E-state index in [4.69, 9.17) is 0 Å². The monoisotopic (exact) mass is 388 g/mol. The highest BCUT2D eigenvalue weighted by atomic mass is 19.1. The normalized spacial score (nSPS) is 10.5. The van der Waals surface area contributed by atoms with Gasteiger partial charge < -0.3 is 10.6 Å². The molecule has 2 heterocycles. The molecule has 0 spiro atoms. The summed E-state index contributed by atoms with van der Waals surface area (Å²) in [4.78, 5) is 24.9. The second-order valence-corrected chi connectivity index (χ2v) is 6.23. The second kappa shape index (κ2) is 8.30. The van der Waals surface area contributed by atoms with Crippen molar-refractivity contribution in [3.63, 3.8) is 0 Å². The number of carbonyl (C=O) groups excluding carboxylic acids is 1. The summed E-state index contributed by atoms with van der Waals surface area (Å²) in [6.45, 7) is 0.282. The lowest BCUT2D eigenvalue weighted by atomic mass is 10.2. The Morgan fingerprint density at radius 2 is 1.79 bits per heavy atom. The van der Waals surface area contributed by atoms with E-state index in [9.17, 15) is 9.18 Å². The Hall–Kier alpha value is -4.07. The second-order valence-electron chi connectivity index (χ2n) is 6.23. The smallest absolute Gasteiger partial charge is 0.271 e. The highest BCUT2D eigenvalue weighted by Gasteiger charge is 2.11. The van der Waals surface area contributed by atoms with Crippen LogP contribution < -0.4 is 10.6 Å². The number of hydrogen-bond donors (Lipinski definition) is 2. The summed E-state index contributed by atoms with van der Waals surface area (Å²) in [7, 11) is 0. The van der Waals surface area contributed by atoms with Crippen LogP contribution in [0.4, 0.5) is 15.9 Å². The molecule has 2 N–H and O–H groups in total. The molecular weight excluding hydrogens is 371 g/mol. The number of nitrogens with one attached hydrogen (secondary N) is 2. The maximum atomic E-state index is 13.0. The van der Waals surface area contributed by atoms with Gasteiger partial charge in [-0.3, -0.25) is 9.36 Å². The lowest BCUT2D eigenvalue weighted by molar-refractivity contribution is 0.0946. The van der Waals surface area contributed by atoms with Crippen molar-refractivity contribution >= 4 is 17.4 Å². The average Bonchev–Trinajstić information content (AvgIpc) is 3.25. The zero-order chi connectivity index (χ0) is 20.1. The van der Waals surface area contributed by atoms with Gasteiger partial charge in [0.15, 0.2) is 0 Å². The predicted octanol–water partition coefficient (Wildman–Crippen LogP) is 3.48. The van der Waals surface area contributed by atoms with E-state index in [0.717, 1.165) is 11.3 Å². The molecule has 7 nitrogen and oxygen atoms in total. The van der Waals surface area contributed by atoms with Crippen molar-refractivity contribution < 1.29 is 9.18 Å². The van der Waals surface area contributed by atoms with Crippen molar-refractivity contribution in [1.82, 2.24) is 24.8 Å². The molecule has 0 aliphatic carbocycles. The van der Waals surface area contributed by atoms with Gasteiger partial charge in [-0.25, -0.2) is 19.3 Å². The molecule has 0 fully saturated rings. The first-order chi connectivity index (χ1) is 14.2. The molecule has 4 aromatic rings. The summed E-state index contributed by atoms with van der Waals surface area (Å²) in [5.41, 5.74) is 1.96. The fraction of sp³-hybridized carbons (Fsp3) is 0.0476. The van der Waals surface area contributed by atoms with Gasteiger partial charge in [0.2, 0.25) is 0 Å². The summed E-state index contributed by atoms with van der Waals surface area (Å²) in [5.74, 6) is 0.551. The maximum absolute atomic E-state index is 13.0. The summed E-state index contributed by atoms with van der Waals surface area (Å²) < 4.78 is 14.6. The van der Waals surface area contributed by atoms with Crippen LogP contribution in [0.2, 0.25) is 0 Å². The van der Waals surface area contributed by atoms with Crippen molar-refractivity contribution in [1.29, 1.82) is 0 Å². The van der Waals surface area contributed by atoms with Gasteiger partial charge in [0.05, 0.1) is 0 Å². The molecule has 4 rings (SSSR count). The summed E-state index contributed by atoms with van der Waals surface area (Å²) >= 11 is 0. The predicted molar refractivity (Wildman–Crippen MR) is 106 cm³/mol. The molecule has 29 heavy (non-hydrogen) atoms. The van der Waals surface area contributed by atoms with Crippen LogP contribution in [-0.4, -0.2) is 25.4 Å². The lowest BCUT2D eigenvalue weighted by Gasteiger charge is -2.07. The number of anilines is 2. The first kappa shape index (κ1) is 18.3. The van der Waals surface area contributed by atoms with Gasteiger partial charge in [-0.05, 0) is 29.8 Å². The standard InChI is InChI=1S/C21H17FN6O/c22-16-8-6-15(7-9-16)11-23-21(29)18-12-28(14-26-18)20-10-19(24-13-25-20)27-17-4-2-1-3-5-17/h1-10,12-14H,11H2,(H,23,29)(H,24,25,27). The minimum Gasteiger partial charge on any atom is -0.347 e. The van der Waals surface area contributed by atoms with Crippen LogP contribution in [0.25, 0.3) is 5.82 Å². The molecule has 0 aliphatic heterocycles. The van der Waals surface area contributed by atoms with Crippen LogP contribution in [-0.2, 0) is 6.54 Å². The van der Waals surface area contributed by atoms with Gasteiger partial charge in [-0.2, -0.15) is 0 Å². The summed E-state index contributed by atoms with van der Waals surface area (Å²) in [6, 6.07) is 17.4. The van der Waals surface area contributed by atoms with Gasteiger partial charge in [0.1, 0.15) is 35.8 Å². The minimum absolute atomic E-state index is 0.253. The number of halogens is 1. The minimum atomic E-state index is -0.329. The van der Waals surface area contributed by atoms with E-state index in [1.54, 1.807) is 29.0 Å². The number of para-hydroxylation sites is 1. The molecule has 1 amide bonds. The molecule has 0 unspecified atom stereocenters. The van der Waals surface area contributed by atoms with Crippen LogP contribution in [0.3, 0.4) is 0 Å². The van der Waals surface area contributed by atoms with Crippen molar-refractivity contribution in [2.75, 3.05) is 5.32 Å². The Bertz CT molecular complexity index is 1110. The average molecular weight is 388 g/mol. The van der Waals surface area contributed by atoms with Crippen molar-refractivity contribution in [3.05, 3.63) is 96.6 Å². The van der Waals surface area contributed by atoms with Crippen LogP contribution in [0.15, 0.2) is 79.5 Å². The summed E-state index contributed by atoms with van der Waals surface area (Å²) in [5, 5.41) is 5.96. The highest BCUT2D eigenvalue weighted by Crippen LogP contribution is 2.15. The molecular formula is C21H17FN6O. The van der Waals surface area contributed by atoms with Crippen LogP contribution in [0.1, 0.15) is 16.1 Å². The quantitative estimate of drug-likeness (QED) is 0.528. The highest BCUT2D eigenvalue weighted by molar-refractivity contribution is 5.92. The van der Waals surface area contributed by atoms with Crippen molar-refractivity contribution in [2.24, 2.45) is 0 Å². The fourth-order valence-electron chi connectivity index (χ4n) is 2.67. The molecule has 144 valence electrons. The van der Waals surface area contributed by atoms with E-state index in [0.29, 0.717) is 11.6 Å². The molecule has 0 saturated heterocycles. The molecule has 8 heteroatoms. The van der Waals surface area contributed by atoms with Crippen molar-refractivity contribution in [3.8, 4) is 5.82 Å². The molecule has 0 saturated carbocycles. The summed E-state index contributed by atoms with van der Waals surface area (Å²) in [6.07, 6.45) is 4.55. The Kier molecular flexibility index (Phi) is 5.24. The maximum Gasteiger partial charge on any atom is 0.271 e. The van der Waals surface area contributed by atoms with E-state index in [-0.39, 0.29) is 24.0 Å². The molecule has 2 aromatic carbocycles. The van der Waals surface area contributed by atoms with Crippen LogP contribution in [0.5, 0.6) is 0 Å². The van der Waals surface area contributed by atoms with Gasteiger partial charge in [-0.15, -0.1) is 0 Å². The van der Waals surface area contributed by atoms with E-state index in [1.165, 1.54) is 24.8 Å². The molecule has 0 atom stereocenters. The molecule has 0 radical (unpaired) electrons. The zero-order valence-corrected chi connectivity index (χ0v) is 15.3. The number of imidazole rings is 1. The third-order valence-corrected chi connectivity index (χ3v) is 4.14. The largest absolute Gasteiger partial charge is 0.347 e. The number of amides is 1. The fourth-order valence-corrected chi connectivity index (χ4v) is 2.67. The lowest BCUT2D eigenvalue weighted by Crippen LogP contribution is -2.23. The van der Waals surface area contributed by atoms with Gasteiger partial charge in [0, 0.05) is 24.5 Å². The van der Waals surface area contributed by atoms with Crippen molar-refractivity contribution in [2.45, 2.75) is 6.54 Å². The van der Waals surface area contributed by atoms with Gasteiger partial charge in [-0.1, -0.05) is 30.3 Å². The first-order valence-corrected chi connectivity index (χ1v) is 8.88. The van der Waals surface area contributed by atoms with Crippen LogP contribution in [0, 0.1) is 5.82 Å². The van der Waals surface area contributed by atoms with Gasteiger partial charge >= 0.3 is 0 Å². The molecule has 2 aromatic heterocycles. The number of hydrogen-bond acceptors (Lipinski definition) is 5. The number of carbonyl (C=O) groups is 1. The number of nitrogens with zero attached hydrogens (tertiary/aromatic N) is 4. The van der Waals surface area contributed by atoms with E-state index in [2.05, 4.69) is 25.6 Å². The molecule has 0 aliphatic rings. The third kappa shape index (κ3) is 4.62. The Morgan fingerprint density at radius 3 is 2.59 bits per heavy atom. The van der Waals surface area contributed by atoms with Gasteiger partial charge in [0.25, 0.3) is 5.91 Å². The van der Waals surface area contributed by atoms with Crippen LogP contribution >= 0.6 is 0 Å². The Morgan fingerprint density at radius 1 is 1.00 bits per heavy atom. The first-order valence-electron chi connectivity index (χ1n) is 8.88. The molecule has 0 bridgehead atoms. The number of benzene rings is 2.